The van der Waals surface area contributed by atoms with Gasteiger partial charge in [-0.1, -0.05) is 42.5 Å². The number of nitrogens with one attached hydrogen (secondary N) is 2. The Bertz CT molecular complexity index is 656. The van der Waals surface area contributed by atoms with E-state index in [0.29, 0.717) is 6.54 Å². The van der Waals surface area contributed by atoms with Crippen LogP contribution >= 0.6 is 0 Å². The lowest BCUT2D eigenvalue weighted by molar-refractivity contribution is -0.120. The van der Waals surface area contributed by atoms with E-state index in [1.165, 1.54) is 6.92 Å². The summed E-state index contributed by atoms with van der Waals surface area (Å²) in [5.74, 6) is -0.548. The minimum absolute atomic E-state index is 0.121. The highest BCUT2D eigenvalue weighted by molar-refractivity contribution is 5.88. The third kappa shape index (κ3) is 4.43. The number of carbonyl (C=O) groups excluding carboxylic acids is 2. The van der Waals surface area contributed by atoms with Crippen LogP contribution in [0.3, 0.4) is 0 Å². The average Bonchev–Trinajstić information content (AvgIpc) is 2.48. The molecular weight excluding hydrogens is 278 g/mol. The second-order valence-electron chi connectivity index (χ2n) is 5.01. The number of nitrogens with two attached hydrogens (primary N) is 1. The van der Waals surface area contributed by atoms with Gasteiger partial charge in [0, 0.05) is 19.2 Å². The molecule has 2 aromatic carbocycles. The van der Waals surface area contributed by atoms with E-state index >= 15 is 0 Å². The fourth-order valence-corrected chi connectivity index (χ4v) is 2.21. The third-order valence-corrected chi connectivity index (χ3v) is 3.18. The lowest BCUT2D eigenvalue weighted by Gasteiger charge is -2.16. The Hall–Kier alpha value is -2.66. The van der Waals surface area contributed by atoms with Crippen LogP contribution in [0.2, 0.25) is 0 Å². The van der Waals surface area contributed by atoms with Crippen molar-refractivity contribution in [3.05, 3.63) is 65.7 Å². The molecule has 114 valence electrons. The number of rotatable bonds is 6. The molecule has 2 amide bonds. The third-order valence-electron chi connectivity index (χ3n) is 3.18. The van der Waals surface area contributed by atoms with Gasteiger partial charge in [0.1, 0.15) is 6.04 Å². The summed E-state index contributed by atoms with van der Waals surface area (Å²) >= 11 is 0. The molecule has 5 nitrogen and oxygen atoms in total. The van der Waals surface area contributed by atoms with E-state index in [9.17, 15) is 9.59 Å². The smallest absolute Gasteiger partial charge is 0.239 e. The van der Waals surface area contributed by atoms with E-state index in [1.54, 1.807) is 0 Å². The number of hydrogen-bond donors (Lipinski definition) is 3. The van der Waals surface area contributed by atoms with Crippen LogP contribution in [0, 0.1) is 0 Å². The lowest BCUT2D eigenvalue weighted by atomic mass is 10.1. The molecule has 0 unspecified atom stereocenters. The summed E-state index contributed by atoms with van der Waals surface area (Å²) in [6, 6.07) is 16.2. The van der Waals surface area contributed by atoms with Gasteiger partial charge in [-0.25, -0.2) is 0 Å². The molecular formula is C17H19N3O2. The summed E-state index contributed by atoms with van der Waals surface area (Å²) in [6.07, 6.45) is 0. The number of carbonyl (C=O) groups is 2. The van der Waals surface area contributed by atoms with Gasteiger partial charge in [-0.05, 0) is 23.3 Å². The molecule has 2 rings (SSSR count). The Labute approximate surface area is 129 Å². The molecule has 0 aromatic heterocycles. The van der Waals surface area contributed by atoms with Gasteiger partial charge in [-0.3, -0.25) is 14.9 Å². The Morgan fingerprint density at radius 1 is 1.09 bits per heavy atom. The van der Waals surface area contributed by atoms with E-state index in [0.717, 1.165) is 16.8 Å². The first-order valence-electron chi connectivity index (χ1n) is 7.00. The standard InChI is InChI=1S/C17H19N3O2/c1-12(21)20-15-9-5-6-13(10-15)11-19-16(17(18)22)14-7-3-2-4-8-14/h2-10,16,19H,11H2,1H3,(H2,18,22)(H,20,21)/t16-/m1/s1. The number of anilines is 1. The van der Waals surface area contributed by atoms with Crippen molar-refractivity contribution in [2.24, 2.45) is 5.73 Å². The van der Waals surface area contributed by atoms with Crippen LogP contribution in [-0.4, -0.2) is 11.8 Å². The summed E-state index contributed by atoms with van der Waals surface area (Å²) in [7, 11) is 0. The van der Waals surface area contributed by atoms with Gasteiger partial charge in [0.05, 0.1) is 0 Å². The number of amides is 2. The van der Waals surface area contributed by atoms with Crippen molar-refractivity contribution in [3.63, 3.8) is 0 Å². The monoisotopic (exact) mass is 297 g/mol. The van der Waals surface area contributed by atoms with Crippen LogP contribution in [-0.2, 0) is 16.1 Å². The molecule has 0 aliphatic carbocycles. The Kier molecular flexibility index (Phi) is 5.27. The van der Waals surface area contributed by atoms with Crippen molar-refractivity contribution >= 4 is 17.5 Å². The molecule has 0 spiro atoms. The van der Waals surface area contributed by atoms with Gasteiger partial charge in [-0.15, -0.1) is 0 Å². The van der Waals surface area contributed by atoms with Crippen molar-refractivity contribution in [3.8, 4) is 0 Å². The Morgan fingerprint density at radius 3 is 2.45 bits per heavy atom. The molecule has 0 radical (unpaired) electrons. The van der Waals surface area contributed by atoms with E-state index in [2.05, 4.69) is 10.6 Å². The van der Waals surface area contributed by atoms with Crippen LogP contribution in [0.25, 0.3) is 0 Å². The topological polar surface area (TPSA) is 84.2 Å². The minimum Gasteiger partial charge on any atom is -0.368 e. The normalized spacial score (nSPS) is 11.7. The highest BCUT2D eigenvalue weighted by atomic mass is 16.1. The number of hydrogen-bond acceptors (Lipinski definition) is 3. The number of benzene rings is 2. The van der Waals surface area contributed by atoms with Gasteiger partial charge in [-0.2, -0.15) is 0 Å². The van der Waals surface area contributed by atoms with Crippen LogP contribution in [0.15, 0.2) is 54.6 Å². The highest BCUT2D eigenvalue weighted by Crippen LogP contribution is 2.15. The van der Waals surface area contributed by atoms with Crippen molar-refractivity contribution in [1.29, 1.82) is 0 Å². The number of primary amides is 1. The first kappa shape index (κ1) is 15.7. The zero-order chi connectivity index (χ0) is 15.9. The molecule has 0 aliphatic heterocycles. The second-order valence-corrected chi connectivity index (χ2v) is 5.01. The van der Waals surface area contributed by atoms with E-state index in [-0.39, 0.29) is 5.91 Å². The molecule has 0 aliphatic rings. The molecule has 2 aromatic rings. The second kappa shape index (κ2) is 7.38. The maximum Gasteiger partial charge on any atom is 0.239 e. The zero-order valence-electron chi connectivity index (χ0n) is 12.4. The average molecular weight is 297 g/mol. The lowest BCUT2D eigenvalue weighted by Crippen LogP contribution is -2.33. The summed E-state index contributed by atoms with van der Waals surface area (Å²) in [5.41, 5.74) is 7.97. The molecule has 5 heteroatoms. The van der Waals surface area contributed by atoms with Crippen molar-refractivity contribution in [2.45, 2.75) is 19.5 Å². The molecule has 4 N–H and O–H groups in total. The maximum atomic E-state index is 11.6. The Balaban J connectivity index is 2.07. The van der Waals surface area contributed by atoms with Crippen molar-refractivity contribution < 1.29 is 9.59 Å². The molecule has 22 heavy (non-hydrogen) atoms. The van der Waals surface area contributed by atoms with E-state index in [4.69, 9.17) is 5.73 Å². The fraction of sp³-hybridized carbons (Fsp3) is 0.176. The maximum absolute atomic E-state index is 11.6. The van der Waals surface area contributed by atoms with Gasteiger partial charge in [0.25, 0.3) is 0 Å². The minimum atomic E-state index is -0.550. The molecule has 0 saturated heterocycles. The van der Waals surface area contributed by atoms with Gasteiger partial charge >= 0.3 is 0 Å². The van der Waals surface area contributed by atoms with E-state index < -0.39 is 11.9 Å². The van der Waals surface area contributed by atoms with Gasteiger partial charge in [0.15, 0.2) is 0 Å². The summed E-state index contributed by atoms with van der Waals surface area (Å²) in [5, 5.41) is 5.87. The Morgan fingerprint density at radius 2 is 1.82 bits per heavy atom. The summed E-state index contributed by atoms with van der Waals surface area (Å²) in [4.78, 5) is 22.7. The highest BCUT2D eigenvalue weighted by Gasteiger charge is 2.16. The molecule has 0 saturated carbocycles. The molecule has 0 bridgehead atoms. The van der Waals surface area contributed by atoms with Crippen molar-refractivity contribution in [2.75, 3.05) is 5.32 Å². The molecule has 0 fully saturated rings. The van der Waals surface area contributed by atoms with Gasteiger partial charge < -0.3 is 11.1 Å². The summed E-state index contributed by atoms with van der Waals surface area (Å²) < 4.78 is 0. The predicted octanol–water partition coefficient (Wildman–Crippen LogP) is 1.96. The first-order chi connectivity index (χ1) is 10.6. The van der Waals surface area contributed by atoms with Crippen LogP contribution in [0.4, 0.5) is 5.69 Å². The van der Waals surface area contributed by atoms with Gasteiger partial charge in [0.2, 0.25) is 11.8 Å². The van der Waals surface area contributed by atoms with Crippen LogP contribution < -0.4 is 16.4 Å². The van der Waals surface area contributed by atoms with Crippen molar-refractivity contribution in [1.82, 2.24) is 5.32 Å². The van der Waals surface area contributed by atoms with E-state index in [1.807, 2.05) is 54.6 Å². The fourth-order valence-electron chi connectivity index (χ4n) is 2.21. The predicted molar refractivity (Wildman–Crippen MR) is 86.0 cm³/mol. The van der Waals surface area contributed by atoms with Crippen LogP contribution in [0.5, 0.6) is 0 Å². The molecule has 0 heterocycles. The first-order valence-corrected chi connectivity index (χ1v) is 7.00. The van der Waals surface area contributed by atoms with Crippen LogP contribution in [0.1, 0.15) is 24.1 Å². The quantitative estimate of drug-likeness (QED) is 0.762. The SMILES string of the molecule is CC(=O)Nc1cccc(CN[C@@H](C(N)=O)c2ccccc2)c1. The molecule has 1 atom stereocenters. The summed E-state index contributed by atoms with van der Waals surface area (Å²) in [6.45, 7) is 1.93. The zero-order valence-corrected chi connectivity index (χ0v) is 12.4. The largest absolute Gasteiger partial charge is 0.368 e.